The zero-order chi connectivity index (χ0) is 14.8. The van der Waals surface area contributed by atoms with Gasteiger partial charge in [-0.3, -0.25) is 0 Å². The van der Waals surface area contributed by atoms with E-state index < -0.39 is 0 Å². The third-order valence-electron chi connectivity index (χ3n) is 4.20. The van der Waals surface area contributed by atoms with E-state index in [1.165, 1.54) is 0 Å². The van der Waals surface area contributed by atoms with Crippen molar-refractivity contribution in [1.29, 1.82) is 0 Å². The van der Waals surface area contributed by atoms with E-state index in [1.807, 2.05) is 24.0 Å². The van der Waals surface area contributed by atoms with E-state index in [0.29, 0.717) is 5.88 Å². The van der Waals surface area contributed by atoms with Crippen LogP contribution in [0.1, 0.15) is 38.1 Å². The van der Waals surface area contributed by atoms with Crippen molar-refractivity contribution in [3.8, 4) is 0 Å². The van der Waals surface area contributed by atoms with Crippen molar-refractivity contribution in [3.05, 3.63) is 23.7 Å². The molecule has 2 aromatic heterocycles. The van der Waals surface area contributed by atoms with Gasteiger partial charge in [0.15, 0.2) is 5.65 Å². The smallest absolute Gasteiger partial charge is 0.160 e. The normalized spacial score (nSPS) is 12.2. The van der Waals surface area contributed by atoms with Gasteiger partial charge in [0.05, 0.1) is 5.88 Å². The molecule has 0 fully saturated rings. The van der Waals surface area contributed by atoms with Gasteiger partial charge in [0.2, 0.25) is 0 Å². The lowest BCUT2D eigenvalue weighted by Gasteiger charge is -2.30. The molecule has 0 aliphatic carbocycles. The summed E-state index contributed by atoms with van der Waals surface area (Å²) < 4.78 is 2.43. The average molecular weight is 312 g/mol. The molecule has 2 aromatic rings. The molecule has 0 saturated carbocycles. The summed E-state index contributed by atoms with van der Waals surface area (Å²) in [5.41, 5.74) is 3.09. The quantitative estimate of drug-likeness (QED) is 0.741. The van der Waals surface area contributed by atoms with Crippen LogP contribution in [0.3, 0.4) is 0 Å². The molecule has 2 rings (SSSR count). The molecule has 20 heavy (non-hydrogen) atoms. The maximum atomic E-state index is 6.10. The highest BCUT2D eigenvalue weighted by atomic mass is 35.5. The van der Waals surface area contributed by atoms with Crippen molar-refractivity contribution >= 4 is 34.5 Å². The molecule has 0 aliphatic rings. The van der Waals surface area contributed by atoms with Gasteiger partial charge in [0.25, 0.3) is 0 Å². The van der Waals surface area contributed by atoms with Crippen molar-refractivity contribution < 1.29 is 0 Å². The first-order chi connectivity index (χ1) is 9.60. The van der Waals surface area contributed by atoms with E-state index in [2.05, 4.69) is 41.6 Å². The second-order valence-corrected chi connectivity index (χ2v) is 6.68. The van der Waals surface area contributed by atoms with E-state index in [4.69, 9.17) is 11.6 Å². The fourth-order valence-electron chi connectivity index (χ4n) is 2.57. The molecule has 0 radical (unpaired) electrons. The van der Waals surface area contributed by atoms with Crippen LogP contribution in [0.5, 0.6) is 0 Å². The Bertz CT molecular complexity index is 582. The summed E-state index contributed by atoms with van der Waals surface area (Å²) in [6.45, 7) is 7.48. The van der Waals surface area contributed by atoms with E-state index in [0.717, 1.165) is 41.9 Å². The lowest BCUT2D eigenvalue weighted by atomic mass is 10.0. The van der Waals surface area contributed by atoms with Crippen LogP contribution in [0.15, 0.2) is 12.3 Å². The van der Waals surface area contributed by atoms with Crippen LogP contribution in [0.2, 0.25) is 0 Å². The van der Waals surface area contributed by atoms with Crippen molar-refractivity contribution in [2.24, 2.45) is 0 Å². The lowest BCUT2D eigenvalue weighted by Crippen LogP contribution is -2.29. The Hall–Kier alpha value is -0.740. The van der Waals surface area contributed by atoms with Gasteiger partial charge in [-0.05, 0) is 37.7 Å². The van der Waals surface area contributed by atoms with Gasteiger partial charge in [-0.1, -0.05) is 13.8 Å². The number of thioether (sulfide) groups is 1. The van der Waals surface area contributed by atoms with Crippen LogP contribution in [0.4, 0.5) is 0 Å². The number of halogens is 1. The molecule has 2 heterocycles. The molecule has 3 nitrogen and oxygen atoms in total. The molecule has 110 valence electrons. The zero-order valence-electron chi connectivity index (χ0n) is 12.6. The van der Waals surface area contributed by atoms with E-state index in [-0.39, 0.29) is 4.75 Å². The summed E-state index contributed by atoms with van der Waals surface area (Å²) in [5.74, 6) is 1.34. The minimum absolute atomic E-state index is 0.222. The van der Waals surface area contributed by atoms with Gasteiger partial charge in [-0.15, -0.1) is 11.6 Å². The Morgan fingerprint density at radius 1 is 1.35 bits per heavy atom. The molecule has 0 atom stereocenters. The molecule has 5 heteroatoms. The number of nitrogens with zero attached hydrogens (tertiary/aromatic N) is 3. The topological polar surface area (TPSA) is 30.7 Å². The Morgan fingerprint density at radius 2 is 2.05 bits per heavy atom. The predicted octanol–water partition coefficient (Wildman–Crippen LogP) is 4.40. The largest absolute Gasteiger partial charge is 0.310 e. The van der Waals surface area contributed by atoms with E-state index >= 15 is 0 Å². The molecular formula is C15H22ClN3S. The Balaban J connectivity index is 2.55. The molecule has 0 aliphatic heterocycles. The molecule has 0 unspecified atom stereocenters. The van der Waals surface area contributed by atoms with E-state index in [1.54, 1.807) is 0 Å². The van der Waals surface area contributed by atoms with Crippen LogP contribution < -0.4 is 0 Å². The second kappa shape index (κ2) is 6.35. The number of alkyl halides is 1. The monoisotopic (exact) mass is 311 g/mol. The maximum absolute atomic E-state index is 6.10. The molecular weight excluding hydrogens is 290 g/mol. The Morgan fingerprint density at radius 3 is 2.60 bits per heavy atom. The summed E-state index contributed by atoms with van der Waals surface area (Å²) >= 11 is 8.02. The number of pyridine rings is 1. The van der Waals surface area contributed by atoms with Crippen molar-refractivity contribution in [3.63, 3.8) is 0 Å². The first-order valence-electron chi connectivity index (χ1n) is 7.02. The fraction of sp³-hybridized carbons (Fsp3) is 0.600. The first kappa shape index (κ1) is 15.6. The number of aromatic nitrogens is 3. The Kier molecular flexibility index (Phi) is 4.97. The fourth-order valence-corrected chi connectivity index (χ4v) is 3.61. The summed E-state index contributed by atoms with van der Waals surface area (Å²) in [5, 5.41) is 0. The number of imidazole rings is 1. The number of hydrogen-bond acceptors (Lipinski definition) is 3. The van der Waals surface area contributed by atoms with Crippen LogP contribution in [-0.2, 0) is 12.4 Å². The molecule has 0 bridgehead atoms. The number of rotatable bonds is 6. The number of aryl methyl sites for hydroxylation is 1. The molecule has 0 amide bonds. The summed E-state index contributed by atoms with van der Waals surface area (Å²) in [6, 6.07) is 2.00. The van der Waals surface area contributed by atoms with Crippen molar-refractivity contribution in [2.45, 2.75) is 50.8 Å². The summed E-state index contributed by atoms with van der Waals surface area (Å²) in [4.78, 5) is 9.21. The second-order valence-electron chi connectivity index (χ2n) is 5.14. The zero-order valence-corrected chi connectivity index (χ0v) is 14.2. The number of fused-ring (bicyclic) bond motifs is 1. The highest BCUT2D eigenvalue weighted by Crippen LogP contribution is 2.34. The van der Waals surface area contributed by atoms with Gasteiger partial charge in [0, 0.05) is 17.5 Å². The summed E-state index contributed by atoms with van der Waals surface area (Å²) in [7, 11) is 0. The van der Waals surface area contributed by atoms with Crippen LogP contribution in [-0.4, -0.2) is 25.5 Å². The standard InChI is InChI=1S/C15H22ClN3S/c1-5-15(6-2,20-4)10-19-12(9-16)18-13-11(3)7-8-17-14(13)19/h7-8H,5-6,9-10H2,1-4H3. The number of hydrogen-bond donors (Lipinski definition) is 0. The van der Waals surface area contributed by atoms with Gasteiger partial charge in [0.1, 0.15) is 11.3 Å². The third kappa shape index (κ3) is 2.68. The third-order valence-corrected chi connectivity index (χ3v) is 6.01. The van der Waals surface area contributed by atoms with Gasteiger partial charge in [-0.25, -0.2) is 9.97 Å². The highest BCUT2D eigenvalue weighted by Gasteiger charge is 2.28. The van der Waals surface area contributed by atoms with Gasteiger partial charge in [-0.2, -0.15) is 11.8 Å². The van der Waals surface area contributed by atoms with Gasteiger partial charge < -0.3 is 4.57 Å². The minimum Gasteiger partial charge on any atom is -0.310 e. The molecule has 0 aromatic carbocycles. The van der Waals surface area contributed by atoms with Crippen molar-refractivity contribution in [1.82, 2.24) is 14.5 Å². The first-order valence-corrected chi connectivity index (χ1v) is 8.78. The van der Waals surface area contributed by atoms with Crippen LogP contribution in [0.25, 0.3) is 11.2 Å². The molecule has 0 spiro atoms. The Labute approximate surface area is 130 Å². The average Bonchev–Trinajstić information content (AvgIpc) is 2.84. The van der Waals surface area contributed by atoms with Crippen LogP contribution in [0, 0.1) is 6.92 Å². The highest BCUT2D eigenvalue weighted by molar-refractivity contribution is 8.00. The van der Waals surface area contributed by atoms with Crippen LogP contribution >= 0.6 is 23.4 Å². The molecule has 0 N–H and O–H groups in total. The lowest BCUT2D eigenvalue weighted by molar-refractivity contribution is 0.465. The summed E-state index contributed by atoms with van der Waals surface area (Å²) in [6.07, 6.45) is 6.29. The molecule has 0 saturated heterocycles. The van der Waals surface area contributed by atoms with Gasteiger partial charge >= 0.3 is 0 Å². The SMILES string of the molecule is CCC(CC)(Cn1c(CCl)nc2c(C)ccnc21)SC. The van der Waals surface area contributed by atoms with Crippen molar-refractivity contribution in [2.75, 3.05) is 6.26 Å². The maximum Gasteiger partial charge on any atom is 0.160 e. The van der Waals surface area contributed by atoms with E-state index in [9.17, 15) is 0 Å². The predicted molar refractivity (Wildman–Crippen MR) is 88.7 cm³/mol. The minimum atomic E-state index is 0.222.